The number of carbonyl (C=O) groups is 1. The minimum atomic E-state index is -0.145. The molecule has 2 unspecified atom stereocenters. The molecule has 1 heterocycles. The van der Waals surface area contributed by atoms with Crippen molar-refractivity contribution >= 4 is 5.97 Å². The fourth-order valence-corrected chi connectivity index (χ4v) is 2.13. The van der Waals surface area contributed by atoms with Crippen molar-refractivity contribution < 1.29 is 14.6 Å². The third-order valence-electron chi connectivity index (χ3n) is 3.09. The largest absolute Gasteiger partial charge is 0.466 e. The fraction of sp³-hybridized carbons (Fsp3) is 0.909. The van der Waals surface area contributed by atoms with E-state index in [9.17, 15) is 9.90 Å². The number of carbonyl (C=O) groups excluding carboxylic acids is 1. The van der Waals surface area contributed by atoms with E-state index in [0.29, 0.717) is 25.5 Å². The number of rotatable bonds is 5. The Bertz CT molecular complexity index is 208. The fourth-order valence-electron chi connectivity index (χ4n) is 2.13. The average molecular weight is 215 g/mol. The molecule has 0 spiro atoms. The Kier molecular flexibility index (Phi) is 5.05. The molecule has 0 aromatic heterocycles. The topological polar surface area (TPSA) is 49.8 Å². The van der Waals surface area contributed by atoms with Gasteiger partial charge in [0.25, 0.3) is 0 Å². The number of nitrogens with zero attached hydrogens (tertiary/aromatic N) is 1. The summed E-state index contributed by atoms with van der Waals surface area (Å²) >= 11 is 0. The van der Waals surface area contributed by atoms with Gasteiger partial charge in [-0.2, -0.15) is 0 Å². The van der Waals surface area contributed by atoms with Gasteiger partial charge in [0, 0.05) is 12.6 Å². The van der Waals surface area contributed by atoms with E-state index in [1.54, 1.807) is 0 Å². The average Bonchev–Trinajstić information content (AvgIpc) is 2.56. The SMILES string of the molecule is CCOC(=O)CCN1CCC(C)C1CO. The lowest BCUT2D eigenvalue weighted by Crippen LogP contribution is -2.36. The van der Waals surface area contributed by atoms with Crippen LogP contribution in [0.4, 0.5) is 0 Å². The van der Waals surface area contributed by atoms with Crippen LogP contribution in [0, 0.1) is 5.92 Å². The van der Waals surface area contributed by atoms with Crippen LogP contribution in [-0.4, -0.2) is 48.3 Å². The van der Waals surface area contributed by atoms with E-state index in [1.807, 2.05) is 6.92 Å². The molecule has 4 nitrogen and oxygen atoms in total. The maximum atomic E-state index is 11.2. The van der Waals surface area contributed by atoms with Crippen molar-refractivity contribution in [1.82, 2.24) is 4.90 Å². The Labute approximate surface area is 91.2 Å². The molecule has 15 heavy (non-hydrogen) atoms. The zero-order valence-corrected chi connectivity index (χ0v) is 9.61. The first-order valence-corrected chi connectivity index (χ1v) is 5.69. The quantitative estimate of drug-likeness (QED) is 0.684. The van der Waals surface area contributed by atoms with E-state index < -0.39 is 0 Å². The second kappa shape index (κ2) is 6.08. The first kappa shape index (κ1) is 12.5. The Morgan fingerprint density at radius 3 is 2.93 bits per heavy atom. The molecule has 4 heteroatoms. The van der Waals surface area contributed by atoms with Gasteiger partial charge in [-0.3, -0.25) is 9.69 Å². The van der Waals surface area contributed by atoms with Gasteiger partial charge < -0.3 is 9.84 Å². The Balaban J connectivity index is 2.29. The lowest BCUT2D eigenvalue weighted by Gasteiger charge is -2.24. The molecule has 1 N–H and O–H groups in total. The highest BCUT2D eigenvalue weighted by Gasteiger charge is 2.30. The van der Waals surface area contributed by atoms with Crippen LogP contribution in [0.1, 0.15) is 26.7 Å². The third kappa shape index (κ3) is 3.47. The van der Waals surface area contributed by atoms with E-state index in [2.05, 4.69) is 11.8 Å². The number of hydrogen-bond acceptors (Lipinski definition) is 4. The second-order valence-electron chi connectivity index (χ2n) is 4.11. The van der Waals surface area contributed by atoms with Crippen LogP contribution in [0.2, 0.25) is 0 Å². The van der Waals surface area contributed by atoms with E-state index in [-0.39, 0.29) is 18.6 Å². The maximum absolute atomic E-state index is 11.2. The summed E-state index contributed by atoms with van der Waals surface area (Å²) in [5.41, 5.74) is 0. The van der Waals surface area contributed by atoms with Crippen LogP contribution in [0.3, 0.4) is 0 Å². The minimum Gasteiger partial charge on any atom is -0.466 e. The first-order chi connectivity index (χ1) is 7.19. The molecule has 0 bridgehead atoms. The van der Waals surface area contributed by atoms with Crippen LogP contribution in [0.5, 0.6) is 0 Å². The Morgan fingerprint density at radius 2 is 2.33 bits per heavy atom. The molecular weight excluding hydrogens is 194 g/mol. The highest BCUT2D eigenvalue weighted by Crippen LogP contribution is 2.23. The highest BCUT2D eigenvalue weighted by molar-refractivity contribution is 5.69. The summed E-state index contributed by atoms with van der Waals surface area (Å²) in [6.07, 6.45) is 1.53. The summed E-state index contributed by atoms with van der Waals surface area (Å²) in [6, 6.07) is 0.222. The standard InChI is InChI=1S/C11H21NO3/c1-3-15-11(14)5-7-12-6-4-9(2)10(12)8-13/h9-10,13H,3-8H2,1-2H3. The van der Waals surface area contributed by atoms with Gasteiger partial charge in [0.05, 0.1) is 19.6 Å². The van der Waals surface area contributed by atoms with Crippen molar-refractivity contribution in [2.75, 3.05) is 26.3 Å². The van der Waals surface area contributed by atoms with Gasteiger partial charge >= 0.3 is 5.97 Å². The van der Waals surface area contributed by atoms with E-state index in [0.717, 1.165) is 13.0 Å². The van der Waals surface area contributed by atoms with Gasteiger partial charge in [-0.25, -0.2) is 0 Å². The molecule has 0 aromatic rings. The monoisotopic (exact) mass is 215 g/mol. The summed E-state index contributed by atoms with van der Waals surface area (Å²) in [4.78, 5) is 13.3. The van der Waals surface area contributed by atoms with Gasteiger partial charge in [-0.05, 0) is 25.8 Å². The van der Waals surface area contributed by atoms with Crippen LogP contribution < -0.4 is 0 Å². The molecule has 0 saturated carbocycles. The van der Waals surface area contributed by atoms with E-state index in [4.69, 9.17) is 4.74 Å². The lowest BCUT2D eigenvalue weighted by molar-refractivity contribution is -0.143. The van der Waals surface area contributed by atoms with Crippen molar-refractivity contribution in [3.8, 4) is 0 Å². The number of ether oxygens (including phenoxy) is 1. The van der Waals surface area contributed by atoms with Gasteiger partial charge in [-0.1, -0.05) is 6.92 Å². The van der Waals surface area contributed by atoms with E-state index in [1.165, 1.54) is 0 Å². The molecule has 1 fully saturated rings. The van der Waals surface area contributed by atoms with Crippen molar-refractivity contribution in [3.05, 3.63) is 0 Å². The molecule has 1 rings (SSSR count). The number of aliphatic hydroxyl groups is 1. The second-order valence-corrected chi connectivity index (χ2v) is 4.11. The van der Waals surface area contributed by atoms with Gasteiger partial charge in [0.15, 0.2) is 0 Å². The molecule has 0 aliphatic carbocycles. The molecular formula is C11H21NO3. The Hall–Kier alpha value is -0.610. The summed E-state index contributed by atoms with van der Waals surface area (Å²) in [6.45, 7) is 6.26. The molecule has 88 valence electrons. The van der Waals surface area contributed by atoms with Gasteiger partial charge in [0.1, 0.15) is 0 Å². The van der Waals surface area contributed by atoms with Gasteiger partial charge in [0.2, 0.25) is 0 Å². The molecule has 0 aromatic carbocycles. The molecule has 0 amide bonds. The van der Waals surface area contributed by atoms with Crippen LogP contribution >= 0.6 is 0 Å². The van der Waals surface area contributed by atoms with Crippen LogP contribution in [0.25, 0.3) is 0 Å². The maximum Gasteiger partial charge on any atom is 0.307 e. The van der Waals surface area contributed by atoms with Crippen molar-refractivity contribution in [2.45, 2.75) is 32.7 Å². The predicted molar refractivity (Wildman–Crippen MR) is 57.5 cm³/mol. The number of aliphatic hydroxyl groups excluding tert-OH is 1. The summed E-state index contributed by atoms with van der Waals surface area (Å²) in [7, 11) is 0. The molecule has 0 radical (unpaired) electrons. The van der Waals surface area contributed by atoms with Crippen molar-refractivity contribution in [3.63, 3.8) is 0 Å². The van der Waals surface area contributed by atoms with Crippen LogP contribution in [-0.2, 0) is 9.53 Å². The molecule has 1 aliphatic rings. The normalized spacial score (nSPS) is 26.9. The molecule has 2 atom stereocenters. The smallest absolute Gasteiger partial charge is 0.307 e. The van der Waals surface area contributed by atoms with Crippen molar-refractivity contribution in [1.29, 1.82) is 0 Å². The van der Waals surface area contributed by atoms with Crippen LogP contribution in [0.15, 0.2) is 0 Å². The van der Waals surface area contributed by atoms with E-state index >= 15 is 0 Å². The zero-order valence-electron chi connectivity index (χ0n) is 9.61. The summed E-state index contributed by atoms with van der Waals surface area (Å²) < 4.78 is 4.87. The summed E-state index contributed by atoms with van der Waals surface area (Å²) in [5.74, 6) is 0.380. The molecule has 1 aliphatic heterocycles. The number of hydrogen-bond donors (Lipinski definition) is 1. The zero-order chi connectivity index (χ0) is 11.3. The minimum absolute atomic E-state index is 0.145. The van der Waals surface area contributed by atoms with Gasteiger partial charge in [-0.15, -0.1) is 0 Å². The van der Waals surface area contributed by atoms with Crippen molar-refractivity contribution in [2.24, 2.45) is 5.92 Å². The predicted octanol–water partition coefficient (Wildman–Crippen LogP) is 0.642. The number of likely N-dealkylation sites (tertiary alicyclic amines) is 1. The third-order valence-corrected chi connectivity index (χ3v) is 3.09. The number of esters is 1. The highest BCUT2D eigenvalue weighted by atomic mass is 16.5. The summed E-state index contributed by atoms with van der Waals surface area (Å²) in [5, 5.41) is 9.22. The first-order valence-electron chi connectivity index (χ1n) is 5.69. The molecule has 1 saturated heterocycles. The lowest BCUT2D eigenvalue weighted by atomic mass is 10.0. The Morgan fingerprint density at radius 1 is 1.60 bits per heavy atom.